The van der Waals surface area contributed by atoms with Crippen molar-refractivity contribution in [2.45, 2.75) is 56.7 Å². The van der Waals surface area contributed by atoms with Crippen LogP contribution in [0.25, 0.3) is 0 Å². The van der Waals surface area contributed by atoms with Crippen molar-refractivity contribution in [1.82, 2.24) is 20.1 Å². The third kappa shape index (κ3) is 4.35. The van der Waals surface area contributed by atoms with Crippen molar-refractivity contribution >= 4 is 11.8 Å². The highest BCUT2D eigenvalue weighted by atomic mass is 16.3. The molecular formula is C20H30N4O3. The third-order valence-electron chi connectivity index (χ3n) is 6.09. The molecule has 2 aliphatic carbocycles. The van der Waals surface area contributed by atoms with Crippen molar-refractivity contribution in [3.05, 3.63) is 24.0 Å². The van der Waals surface area contributed by atoms with Crippen molar-refractivity contribution in [3.63, 3.8) is 0 Å². The lowest BCUT2D eigenvalue weighted by Crippen LogP contribution is -2.41. The van der Waals surface area contributed by atoms with Crippen LogP contribution in [0.4, 0.5) is 0 Å². The van der Waals surface area contributed by atoms with E-state index in [1.807, 2.05) is 22.9 Å². The highest BCUT2D eigenvalue weighted by Gasteiger charge is 2.38. The van der Waals surface area contributed by atoms with Gasteiger partial charge in [0.2, 0.25) is 5.91 Å². The Morgan fingerprint density at radius 2 is 1.96 bits per heavy atom. The lowest BCUT2D eigenvalue weighted by molar-refractivity contribution is -0.125. The Labute approximate surface area is 160 Å². The summed E-state index contributed by atoms with van der Waals surface area (Å²) in [6.45, 7) is 3.78. The Bertz CT molecular complexity index is 679. The second-order valence-electron chi connectivity index (χ2n) is 8.19. The normalized spacial score (nSPS) is 28.4. The second-order valence-corrected chi connectivity index (χ2v) is 8.19. The zero-order valence-electron chi connectivity index (χ0n) is 15.8. The summed E-state index contributed by atoms with van der Waals surface area (Å²) in [6.07, 6.45) is 6.88. The second kappa shape index (κ2) is 8.02. The molecule has 0 bridgehead atoms. The molecule has 0 unspecified atom stereocenters. The van der Waals surface area contributed by atoms with Gasteiger partial charge >= 0.3 is 0 Å². The van der Waals surface area contributed by atoms with Gasteiger partial charge < -0.3 is 25.2 Å². The highest BCUT2D eigenvalue weighted by Crippen LogP contribution is 2.36. The molecule has 3 atom stereocenters. The number of likely N-dealkylation sites (tertiary alicyclic amines) is 1. The summed E-state index contributed by atoms with van der Waals surface area (Å²) in [5, 5.41) is 16.3. The van der Waals surface area contributed by atoms with E-state index in [2.05, 4.69) is 15.5 Å². The molecule has 2 amide bonds. The van der Waals surface area contributed by atoms with Crippen LogP contribution in [0, 0.1) is 5.92 Å². The Hall–Kier alpha value is -1.86. The van der Waals surface area contributed by atoms with Gasteiger partial charge in [0.25, 0.3) is 5.91 Å². The van der Waals surface area contributed by atoms with Crippen molar-refractivity contribution in [2.24, 2.45) is 5.92 Å². The van der Waals surface area contributed by atoms with Crippen molar-refractivity contribution in [3.8, 4) is 0 Å². The first-order valence-electron chi connectivity index (χ1n) is 10.3. The van der Waals surface area contributed by atoms with Crippen LogP contribution < -0.4 is 10.6 Å². The van der Waals surface area contributed by atoms with E-state index in [9.17, 15) is 14.7 Å². The van der Waals surface area contributed by atoms with Crippen molar-refractivity contribution in [1.29, 1.82) is 0 Å². The van der Waals surface area contributed by atoms with Gasteiger partial charge in [0.15, 0.2) is 0 Å². The number of carbonyl (C=O) groups excluding carboxylic acids is 2. The van der Waals surface area contributed by atoms with E-state index in [0.717, 1.165) is 32.5 Å². The number of aliphatic hydroxyl groups is 1. The van der Waals surface area contributed by atoms with Crippen LogP contribution in [0.3, 0.4) is 0 Å². The van der Waals surface area contributed by atoms with Crippen LogP contribution in [0.1, 0.15) is 55.1 Å². The van der Waals surface area contributed by atoms with E-state index in [4.69, 9.17) is 0 Å². The molecule has 3 fully saturated rings. The summed E-state index contributed by atoms with van der Waals surface area (Å²) in [5.41, 5.74) is 0.642. The third-order valence-corrected chi connectivity index (χ3v) is 6.09. The molecule has 7 nitrogen and oxygen atoms in total. The molecule has 0 radical (unpaired) electrons. The van der Waals surface area contributed by atoms with Gasteiger partial charge in [-0.3, -0.25) is 9.59 Å². The number of hydrogen-bond donors (Lipinski definition) is 3. The van der Waals surface area contributed by atoms with E-state index in [-0.39, 0.29) is 23.8 Å². The van der Waals surface area contributed by atoms with Gasteiger partial charge in [-0.05, 0) is 63.7 Å². The van der Waals surface area contributed by atoms with E-state index in [1.165, 1.54) is 12.8 Å². The minimum Gasteiger partial charge on any atom is -0.391 e. The molecule has 1 aliphatic heterocycles. The largest absolute Gasteiger partial charge is 0.391 e. The first-order valence-corrected chi connectivity index (χ1v) is 10.3. The molecule has 3 N–H and O–H groups in total. The fraction of sp³-hybridized carbons (Fsp3) is 0.700. The number of nitrogens with zero attached hydrogens (tertiary/aromatic N) is 2. The smallest absolute Gasteiger partial charge is 0.268 e. The van der Waals surface area contributed by atoms with Crippen LogP contribution >= 0.6 is 0 Å². The molecule has 0 aromatic carbocycles. The van der Waals surface area contributed by atoms with Gasteiger partial charge in [-0.25, -0.2) is 0 Å². The number of amides is 2. The molecule has 0 spiro atoms. The summed E-state index contributed by atoms with van der Waals surface area (Å²) in [4.78, 5) is 27.4. The van der Waals surface area contributed by atoms with E-state index >= 15 is 0 Å². The monoisotopic (exact) mass is 374 g/mol. The number of nitrogens with one attached hydrogen (secondary N) is 2. The Kier molecular flexibility index (Phi) is 5.50. The molecule has 1 aromatic rings. The van der Waals surface area contributed by atoms with Crippen molar-refractivity contribution < 1.29 is 14.7 Å². The van der Waals surface area contributed by atoms with Gasteiger partial charge in [-0.2, -0.15) is 0 Å². The van der Waals surface area contributed by atoms with Crippen LogP contribution in [-0.2, 0) is 4.79 Å². The minimum atomic E-state index is -0.674. The molecule has 148 valence electrons. The van der Waals surface area contributed by atoms with Gasteiger partial charge in [0.05, 0.1) is 12.1 Å². The summed E-state index contributed by atoms with van der Waals surface area (Å²) >= 11 is 0. The van der Waals surface area contributed by atoms with Crippen LogP contribution in [0.2, 0.25) is 0 Å². The van der Waals surface area contributed by atoms with Crippen LogP contribution in [0.15, 0.2) is 18.3 Å². The number of aliphatic hydroxyl groups excluding tert-OH is 1. The average Bonchev–Trinajstić information content (AvgIpc) is 3.05. The number of hydrogen-bond acceptors (Lipinski definition) is 4. The van der Waals surface area contributed by atoms with Gasteiger partial charge in [-0.1, -0.05) is 0 Å². The Morgan fingerprint density at radius 1 is 1.19 bits per heavy atom. The average molecular weight is 374 g/mol. The van der Waals surface area contributed by atoms with Crippen molar-refractivity contribution in [2.75, 3.05) is 26.2 Å². The number of carbonyl (C=O) groups is 2. The highest BCUT2D eigenvalue weighted by molar-refractivity contribution is 5.93. The van der Waals surface area contributed by atoms with Gasteiger partial charge in [-0.15, -0.1) is 0 Å². The first kappa shape index (κ1) is 18.5. The maximum absolute atomic E-state index is 12.6. The number of aromatic nitrogens is 1. The zero-order valence-corrected chi connectivity index (χ0v) is 15.8. The zero-order chi connectivity index (χ0) is 18.8. The van der Waals surface area contributed by atoms with Crippen LogP contribution in [-0.4, -0.2) is 64.7 Å². The van der Waals surface area contributed by atoms with E-state index < -0.39 is 6.10 Å². The standard InChI is InChI=1S/C20H30N4O3/c25-18-13-14(19(26)21-7-11-23-8-1-2-9-23)12-16(18)22-20(27)17-4-3-10-24(17)15-5-6-15/h3-4,10,14-16,18,25H,1-2,5-9,11-13H2,(H,21,26)(H,22,27)/t14-,16+,18+/m0/s1. The molecule has 2 saturated carbocycles. The number of rotatable bonds is 7. The minimum absolute atomic E-state index is 0.00801. The fourth-order valence-corrected chi connectivity index (χ4v) is 4.37. The topological polar surface area (TPSA) is 86.6 Å². The maximum Gasteiger partial charge on any atom is 0.268 e. The summed E-state index contributed by atoms with van der Waals surface area (Å²) in [6, 6.07) is 3.77. The fourth-order valence-electron chi connectivity index (χ4n) is 4.37. The first-order chi connectivity index (χ1) is 13.1. The maximum atomic E-state index is 12.6. The van der Waals surface area contributed by atoms with Gasteiger partial charge in [0.1, 0.15) is 5.69 Å². The molecule has 4 rings (SSSR count). The molecular weight excluding hydrogens is 344 g/mol. The molecule has 3 aliphatic rings. The Morgan fingerprint density at radius 3 is 2.70 bits per heavy atom. The molecule has 27 heavy (non-hydrogen) atoms. The molecule has 2 heterocycles. The Balaban J connectivity index is 1.25. The lowest BCUT2D eigenvalue weighted by Gasteiger charge is -2.17. The molecule has 7 heteroatoms. The lowest BCUT2D eigenvalue weighted by atomic mass is 10.1. The molecule has 1 saturated heterocycles. The summed E-state index contributed by atoms with van der Waals surface area (Å²) < 4.78 is 2.01. The van der Waals surface area contributed by atoms with Gasteiger partial charge in [0, 0.05) is 31.2 Å². The van der Waals surface area contributed by atoms with E-state index in [1.54, 1.807) is 0 Å². The van der Waals surface area contributed by atoms with Crippen LogP contribution in [0.5, 0.6) is 0 Å². The summed E-state index contributed by atoms with van der Waals surface area (Å²) in [5.74, 6) is -0.406. The summed E-state index contributed by atoms with van der Waals surface area (Å²) in [7, 11) is 0. The molecule has 1 aromatic heterocycles. The predicted molar refractivity (Wildman–Crippen MR) is 101 cm³/mol. The van der Waals surface area contributed by atoms with E-state index in [0.29, 0.717) is 31.1 Å². The SMILES string of the molecule is O=C(N[C@@H]1C[C@H](C(=O)NCCN2CCCC2)C[C@H]1O)c1cccn1C1CC1. The predicted octanol–water partition coefficient (Wildman–Crippen LogP) is 0.904. The quantitative estimate of drug-likeness (QED) is 0.662.